The molecule has 2 aromatic carbocycles. The molecule has 0 radical (unpaired) electrons. The Morgan fingerprint density at radius 2 is 1.83 bits per heavy atom. The second kappa shape index (κ2) is 9.28. The molecule has 4 rings (SSSR count). The van der Waals surface area contributed by atoms with Gasteiger partial charge in [0.05, 0.1) is 39.0 Å². The van der Waals surface area contributed by atoms with E-state index >= 15 is 0 Å². The van der Waals surface area contributed by atoms with Gasteiger partial charge >= 0.3 is 0 Å². The summed E-state index contributed by atoms with van der Waals surface area (Å²) in [7, 11) is 1.68. The van der Waals surface area contributed by atoms with Crippen molar-refractivity contribution in [1.82, 2.24) is 4.98 Å². The lowest BCUT2D eigenvalue weighted by Crippen LogP contribution is -3.15. The fourth-order valence-electron chi connectivity index (χ4n) is 3.63. The fraction of sp³-hybridized carbons (Fsp3) is 0.304. The Balaban J connectivity index is 1.26. The van der Waals surface area contributed by atoms with Gasteiger partial charge in [-0.15, -0.1) is 11.3 Å². The first-order valence-corrected chi connectivity index (χ1v) is 11.0. The highest BCUT2D eigenvalue weighted by molar-refractivity contribution is 7.14. The number of anilines is 2. The van der Waals surface area contributed by atoms with Crippen LogP contribution in [0.15, 0.2) is 53.9 Å². The highest BCUT2D eigenvalue weighted by Crippen LogP contribution is 2.25. The Kier molecular flexibility index (Phi) is 6.30. The molecule has 0 saturated carbocycles. The van der Waals surface area contributed by atoms with Crippen molar-refractivity contribution in [1.29, 1.82) is 0 Å². The topological polar surface area (TPSA) is 58.9 Å². The monoisotopic (exact) mass is 423 g/mol. The van der Waals surface area contributed by atoms with Crippen LogP contribution >= 0.6 is 11.3 Å². The minimum absolute atomic E-state index is 0.0210. The van der Waals surface area contributed by atoms with E-state index < -0.39 is 0 Å². The van der Waals surface area contributed by atoms with E-state index in [1.165, 1.54) is 27.5 Å². The van der Waals surface area contributed by atoms with Crippen molar-refractivity contribution in [2.75, 3.05) is 50.1 Å². The number of carbonyl (C=O) groups excluding carboxylic acids is 1. The van der Waals surface area contributed by atoms with Crippen molar-refractivity contribution >= 4 is 28.1 Å². The first-order valence-electron chi connectivity index (χ1n) is 10.2. The number of thiazole rings is 1. The zero-order chi connectivity index (χ0) is 20.9. The first kappa shape index (κ1) is 20.4. The normalized spacial score (nSPS) is 14.5. The zero-order valence-electron chi connectivity index (χ0n) is 17.4. The number of nitrogens with one attached hydrogen (secondary N) is 2. The highest BCUT2D eigenvalue weighted by atomic mass is 32.1. The highest BCUT2D eigenvalue weighted by Gasteiger charge is 2.23. The summed E-state index contributed by atoms with van der Waals surface area (Å²) >= 11 is 1.47. The van der Waals surface area contributed by atoms with Gasteiger partial charge in [0.2, 0.25) is 0 Å². The van der Waals surface area contributed by atoms with Gasteiger partial charge in [-0.3, -0.25) is 10.1 Å². The second-order valence-electron chi connectivity index (χ2n) is 7.56. The van der Waals surface area contributed by atoms with Crippen LogP contribution in [-0.4, -0.2) is 50.7 Å². The Morgan fingerprint density at radius 3 is 2.50 bits per heavy atom. The third-order valence-electron chi connectivity index (χ3n) is 5.42. The van der Waals surface area contributed by atoms with Gasteiger partial charge in [-0.2, -0.15) is 0 Å². The molecule has 3 aromatic rings. The molecule has 2 heterocycles. The predicted octanol–water partition coefficient (Wildman–Crippen LogP) is 2.47. The quantitative estimate of drug-likeness (QED) is 0.640. The summed E-state index contributed by atoms with van der Waals surface area (Å²) in [6.07, 6.45) is 0. The number of aromatic nitrogens is 1. The Bertz CT molecular complexity index is 977. The number of nitrogens with zero attached hydrogens (tertiary/aromatic N) is 2. The van der Waals surface area contributed by atoms with Crippen LogP contribution in [0.5, 0.6) is 5.75 Å². The minimum atomic E-state index is 0.0210. The molecule has 0 atom stereocenters. The average molecular weight is 424 g/mol. The molecule has 1 aliphatic heterocycles. The third kappa shape index (κ3) is 4.98. The number of amides is 1. The standard InChI is InChI=1S/C23H26N4O2S/c1-17-3-5-18(6-4-17)21-16-30-23(24-21)25-22(28)15-26-11-13-27(14-12-26)19-7-9-20(29-2)10-8-19/h3-10,16H,11-15H2,1-2H3,(H,24,25,28)/p+1. The first-order chi connectivity index (χ1) is 14.6. The average Bonchev–Trinajstić information content (AvgIpc) is 3.23. The Morgan fingerprint density at radius 1 is 1.13 bits per heavy atom. The molecule has 0 unspecified atom stereocenters. The summed E-state index contributed by atoms with van der Waals surface area (Å²) in [5.74, 6) is 0.889. The maximum Gasteiger partial charge on any atom is 0.281 e. The summed E-state index contributed by atoms with van der Waals surface area (Å²) in [6, 6.07) is 16.4. The number of carbonyl (C=O) groups is 1. The van der Waals surface area contributed by atoms with Gasteiger partial charge in [0, 0.05) is 16.6 Å². The molecular formula is C23H27N4O2S+. The summed E-state index contributed by atoms with van der Waals surface area (Å²) < 4.78 is 5.23. The number of aryl methyl sites for hydroxylation is 1. The van der Waals surface area contributed by atoms with E-state index in [0.29, 0.717) is 11.7 Å². The molecule has 0 bridgehead atoms. The van der Waals surface area contributed by atoms with Crippen LogP contribution in [0.1, 0.15) is 5.56 Å². The number of hydrogen-bond donors (Lipinski definition) is 2. The third-order valence-corrected chi connectivity index (χ3v) is 6.17. The maximum atomic E-state index is 12.5. The summed E-state index contributed by atoms with van der Waals surface area (Å²) in [6.45, 7) is 6.27. The van der Waals surface area contributed by atoms with Crippen molar-refractivity contribution in [3.63, 3.8) is 0 Å². The number of piperazine rings is 1. The molecule has 1 fully saturated rings. The van der Waals surface area contributed by atoms with Crippen LogP contribution in [0.25, 0.3) is 11.3 Å². The van der Waals surface area contributed by atoms with E-state index in [1.807, 2.05) is 17.5 Å². The van der Waals surface area contributed by atoms with E-state index in [1.54, 1.807) is 7.11 Å². The SMILES string of the molecule is COc1ccc(N2CC[NH+](CC(=O)Nc3nc(-c4ccc(C)cc4)cs3)CC2)cc1. The van der Waals surface area contributed by atoms with Gasteiger partial charge in [-0.1, -0.05) is 29.8 Å². The molecule has 1 amide bonds. The van der Waals surface area contributed by atoms with Gasteiger partial charge in [0.25, 0.3) is 5.91 Å². The van der Waals surface area contributed by atoms with Crippen molar-refractivity contribution in [2.45, 2.75) is 6.92 Å². The fourth-order valence-corrected chi connectivity index (χ4v) is 4.37. The van der Waals surface area contributed by atoms with Crippen LogP contribution in [0.4, 0.5) is 10.8 Å². The van der Waals surface area contributed by atoms with Crippen LogP contribution in [0.2, 0.25) is 0 Å². The van der Waals surface area contributed by atoms with Gasteiger partial charge in [0.1, 0.15) is 5.75 Å². The molecule has 30 heavy (non-hydrogen) atoms. The lowest BCUT2D eigenvalue weighted by Gasteiger charge is -2.33. The molecule has 156 valence electrons. The molecule has 1 aliphatic rings. The summed E-state index contributed by atoms with van der Waals surface area (Å²) in [4.78, 5) is 20.7. The van der Waals surface area contributed by atoms with Gasteiger partial charge in [-0.05, 0) is 31.2 Å². The van der Waals surface area contributed by atoms with Gasteiger partial charge in [-0.25, -0.2) is 4.98 Å². The predicted molar refractivity (Wildman–Crippen MR) is 122 cm³/mol. The number of quaternary nitrogens is 1. The Hall–Kier alpha value is -2.90. The van der Waals surface area contributed by atoms with Crippen molar-refractivity contribution in [3.8, 4) is 17.0 Å². The number of rotatable bonds is 6. The van der Waals surface area contributed by atoms with E-state index in [9.17, 15) is 4.79 Å². The largest absolute Gasteiger partial charge is 0.497 e. The van der Waals surface area contributed by atoms with E-state index in [2.05, 4.69) is 58.5 Å². The van der Waals surface area contributed by atoms with Crippen molar-refractivity contribution < 1.29 is 14.4 Å². The van der Waals surface area contributed by atoms with Crippen molar-refractivity contribution in [3.05, 3.63) is 59.5 Å². The van der Waals surface area contributed by atoms with Crippen LogP contribution in [0.3, 0.4) is 0 Å². The number of hydrogen-bond acceptors (Lipinski definition) is 5. The molecule has 0 spiro atoms. The molecule has 2 N–H and O–H groups in total. The zero-order valence-corrected chi connectivity index (χ0v) is 18.2. The molecule has 1 saturated heterocycles. The van der Waals surface area contributed by atoms with Gasteiger partial charge in [0.15, 0.2) is 11.7 Å². The summed E-state index contributed by atoms with van der Waals surface area (Å²) in [5, 5.41) is 5.61. The molecule has 7 heteroatoms. The van der Waals surface area contributed by atoms with Crippen LogP contribution < -0.4 is 19.9 Å². The van der Waals surface area contributed by atoms with E-state index in [-0.39, 0.29) is 5.91 Å². The van der Waals surface area contributed by atoms with E-state index in [4.69, 9.17) is 4.74 Å². The number of ether oxygens (including phenoxy) is 1. The smallest absolute Gasteiger partial charge is 0.281 e. The lowest BCUT2D eigenvalue weighted by atomic mass is 10.1. The number of methoxy groups -OCH3 is 1. The minimum Gasteiger partial charge on any atom is -0.497 e. The maximum absolute atomic E-state index is 12.5. The van der Waals surface area contributed by atoms with Crippen LogP contribution in [0, 0.1) is 6.92 Å². The molecular weight excluding hydrogens is 396 g/mol. The molecule has 1 aromatic heterocycles. The second-order valence-corrected chi connectivity index (χ2v) is 8.42. The van der Waals surface area contributed by atoms with E-state index in [0.717, 1.165) is 43.2 Å². The summed E-state index contributed by atoms with van der Waals surface area (Å²) in [5.41, 5.74) is 4.39. The van der Waals surface area contributed by atoms with Gasteiger partial charge < -0.3 is 14.5 Å². The van der Waals surface area contributed by atoms with Crippen LogP contribution in [-0.2, 0) is 4.79 Å². The Labute approximate surface area is 181 Å². The van der Waals surface area contributed by atoms with Crippen molar-refractivity contribution in [2.24, 2.45) is 0 Å². The molecule has 0 aliphatic carbocycles. The molecule has 6 nitrogen and oxygen atoms in total. The number of benzene rings is 2. The lowest BCUT2D eigenvalue weighted by molar-refractivity contribution is -0.892.